The lowest BCUT2D eigenvalue weighted by atomic mass is 10.3. The minimum atomic E-state index is -4.96. The summed E-state index contributed by atoms with van der Waals surface area (Å²) in [5.41, 5.74) is -1.66. The molecule has 8 heteroatoms. The lowest BCUT2D eigenvalue weighted by Gasteiger charge is -2.21. The van der Waals surface area contributed by atoms with Crippen molar-refractivity contribution in [2.24, 2.45) is 0 Å². The number of amides is 2. The van der Waals surface area contributed by atoms with E-state index < -0.39 is 23.9 Å². The van der Waals surface area contributed by atoms with Gasteiger partial charge in [0.05, 0.1) is 5.97 Å². The zero-order valence-corrected chi connectivity index (χ0v) is 9.30. The smallest absolute Gasteiger partial charge is 0.431 e. The zero-order valence-electron chi connectivity index (χ0n) is 9.30. The lowest BCUT2D eigenvalue weighted by Crippen LogP contribution is -2.42. The topological polar surface area (TPSA) is 72.5 Å². The molecule has 0 saturated heterocycles. The van der Waals surface area contributed by atoms with Gasteiger partial charge in [-0.3, -0.25) is 0 Å². The number of carboxylic acid groups (broad SMARTS) is 1. The van der Waals surface area contributed by atoms with Crippen LogP contribution in [-0.4, -0.2) is 36.2 Å². The van der Waals surface area contributed by atoms with Crippen molar-refractivity contribution in [3.05, 3.63) is 11.8 Å². The summed E-state index contributed by atoms with van der Waals surface area (Å²) >= 11 is 0. The van der Waals surface area contributed by atoms with E-state index in [0.29, 0.717) is 0 Å². The number of aliphatic carboxylic acids is 1. The number of urea groups is 1. The fourth-order valence-corrected chi connectivity index (χ4v) is 1.01. The van der Waals surface area contributed by atoms with E-state index in [9.17, 15) is 27.9 Å². The Kier molecular flexibility index (Phi) is 5.49. The maximum absolute atomic E-state index is 12.3. The van der Waals surface area contributed by atoms with E-state index in [2.05, 4.69) is 0 Å². The molecule has 0 unspecified atom stereocenters. The van der Waals surface area contributed by atoms with Crippen LogP contribution in [0.5, 0.6) is 0 Å². The molecule has 0 rings (SSSR count). The van der Waals surface area contributed by atoms with Crippen LogP contribution in [-0.2, 0) is 4.79 Å². The predicted octanol–water partition coefficient (Wildman–Crippen LogP) is 0.234. The number of carbonyl (C=O) groups excluding carboxylic acids is 2. The highest BCUT2D eigenvalue weighted by Gasteiger charge is 2.35. The van der Waals surface area contributed by atoms with Crippen LogP contribution in [0.3, 0.4) is 0 Å². The van der Waals surface area contributed by atoms with Crippen LogP contribution >= 0.6 is 0 Å². The number of halogens is 3. The molecule has 0 atom stereocenters. The second kappa shape index (κ2) is 6.12. The first-order valence-corrected chi connectivity index (χ1v) is 4.78. The number of rotatable bonds is 4. The minimum Gasteiger partial charge on any atom is -0.545 e. The molecule has 0 radical (unpaired) electrons. The SMILES string of the molecule is CCN(CC)C(=O)N/C(=C\C(=O)[O-])C(F)(F)F. The Morgan fingerprint density at radius 3 is 2.06 bits per heavy atom. The molecule has 0 spiro atoms. The van der Waals surface area contributed by atoms with E-state index in [4.69, 9.17) is 0 Å². The number of nitrogens with zero attached hydrogens (tertiary/aromatic N) is 1. The largest absolute Gasteiger partial charge is 0.545 e. The van der Waals surface area contributed by atoms with Gasteiger partial charge in [0, 0.05) is 13.1 Å². The Morgan fingerprint density at radius 1 is 1.29 bits per heavy atom. The van der Waals surface area contributed by atoms with Crippen molar-refractivity contribution in [3.63, 3.8) is 0 Å². The number of alkyl halides is 3. The van der Waals surface area contributed by atoms with E-state index in [1.54, 1.807) is 13.8 Å². The molecule has 0 aromatic heterocycles. The second-order valence-electron chi connectivity index (χ2n) is 2.98. The van der Waals surface area contributed by atoms with Crippen LogP contribution in [0.15, 0.2) is 11.8 Å². The fourth-order valence-electron chi connectivity index (χ4n) is 1.01. The molecule has 0 aliphatic heterocycles. The van der Waals surface area contributed by atoms with Crippen LogP contribution in [0.1, 0.15) is 13.8 Å². The molecule has 17 heavy (non-hydrogen) atoms. The van der Waals surface area contributed by atoms with Crippen LogP contribution in [0.4, 0.5) is 18.0 Å². The third kappa shape index (κ3) is 5.23. The van der Waals surface area contributed by atoms with Gasteiger partial charge in [0.15, 0.2) is 0 Å². The molecule has 5 nitrogen and oxygen atoms in total. The maximum atomic E-state index is 12.3. The highest BCUT2D eigenvalue weighted by atomic mass is 19.4. The highest BCUT2D eigenvalue weighted by Crippen LogP contribution is 2.23. The summed E-state index contributed by atoms with van der Waals surface area (Å²) in [5, 5.41) is 11.6. The molecule has 0 aliphatic carbocycles. The monoisotopic (exact) mass is 253 g/mol. The molecule has 0 fully saturated rings. The van der Waals surface area contributed by atoms with Crippen LogP contribution < -0.4 is 10.4 Å². The molecule has 0 aromatic carbocycles. The van der Waals surface area contributed by atoms with Crippen molar-refractivity contribution in [3.8, 4) is 0 Å². The van der Waals surface area contributed by atoms with Crippen LogP contribution in [0, 0.1) is 0 Å². The fraction of sp³-hybridized carbons (Fsp3) is 0.556. The number of hydrogen-bond acceptors (Lipinski definition) is 3. The molecule has 0 heterocycles. The standard InChI is InChI=1S/C9H13F3N2O3/c1-3-14(4-2)8(17)13-6(5-7(15)16)9(10,11)12/h5H,3-4H2,1-2H3,(H,13,17)(H,15,16)/p-1/b6-5-. The molecular formula is C9H12F3N2O3-. The van der Waals surface area contributed by atoms with Crippen molar-refractivity contribution in [1.82, 2.24) is 10.2 Å². The van der Waals surface area contributed by atoms with Gasteiger partial charge in [0.2, 0.25) is 0 Å². The maximum Gasteiger partial charge on any atom is 0.431 e. The Morgan fingerprint density at radius 2 is 1.76 bits per heavy atom. The summed E-state index contributed by atoms with van der Waals surface area (Å²) in [7, 11) is 0. The average Bonchev–Trinajstić information content (AvgIpc) is 2.16. The molecule has 0 aliphatic rings. The summed E-state index contributed by atoms with van der Waals surface area (Å²) in [6, 6.07) is -1.01. The van der Waals surface area contributed by atoms with Crippen molar-refractivity contribution < 1.29 is 27.9 Å². The van der Waals surface area contributed by atoms with Crippen molar-refractivity contribution >= 4 is 12.0 Å². The van der Waals surface area contributed by atoms with Gasteiger partial charge in [-0.2, -0.15) is 13.2 Å². The summed E-state index contributed by atoms with van der Waals surface area (Å²) in [6.45, 7) is 3.58. The Labute approximate surface area is 95.9 Å². The summed E-state index contributed by atoms with van der Waals surface area (Å²) in [5.74, 6) is -2.03. The Balaban J connectivity index is 4.90. The van der Waals surface area contributed by atoms with Gasteiger partial charge in [-0.05, 0) is 19.9 Å². The van der Waals surface area contributed by atoms with E-state index in [0.717, 1.165) is 4.90 Å². The van der Waals surface area contributed by atoms with Crippen LogP contribution in [0.25, 0.3) is 0 Å². The minimum absolute atomic E-state index is 0.193. The van der Waals surface area contributed by atoms with Gasteiger partial charge < -0.3 is 20.1 Å². The van der Waals surface area contributed by atoms with Gasteiger partial charge in [-0.15, -0.1) is 0 Å². The van der Waals surface area contributed by atoms with E-state index in [1.165, 1.54) is 5.32 Å². The lowest BCUT2D eigenvalue weighted by molar-refractivity contribution is -0.297. The highest BCUT2D eigenvalue weighted by molar-refractivity contribution is 5.82. The first-order valence-electron chi connectivity index (χ1n) is 4.78. The number of allylic oxidation sites excluding steroid dienone is 1. The molecule has 98 valence electrons. The normalized spacial score (nSPS) is 12.2. The van der Waals surface area contributed by atoms with Crippen molar-refractivity contribution in [2.45, 2.75) is 20.0 Å². The molecule has 0 aromatic rings. The number of hydrogen-bond donors (Lipinski definition) is 1. The van der Waals surface area contributed by atoms with Crippen molar-refractivity contribution in [2.75, 3.05) is 13.1 Å². The average molecular weight is 253 g/mol. The predicted molar refractivity (Wildman–Crippen MR) is 50.6 cm³/mol. The van der Waals surface area contributed by atoms with Gasteiger partial charge in [0.25, 0.3) is 0 Å². The third-order valence-corrected chi connectivity index (χ3v) is 1.86. The number of carboxylic acids is 1. The summed E-state index contributed by atoms with van der Waals surface area (Å²) in [4.78, 5) is 22.5. The quantitative estimate of drug-likeness (QED) is 0.729. The van der Waals surface area contributed by atoms with Gasteiger partial charge in [-0.25, -0.2) is 4.79 Å². The Bertz CT molecular complexity index is 322. The number of nitrogens with one attached hydrogen (secondary N) is 1. The third-order valence-electron chi connectivity index (χ3n) is 1.86. The van der Waals surface area contributed by atoms with Crippen LogP contribution in [0.2, 0.25) is 0 Å². The molecule has 1 N–H and O–H groups in total. The summed E-state index contributed by atoms with van der Waals surface area (Å²) in [6.07, 6.45) is -5.15. The second-order valence-corrected chi connectivity index (χ2v) is 2.98. The zero-order chi connectivity index (χ0) is 13.6. The van der Waals surface area contributed by atoms with E-state index in [1.807, 2.05) is 0 Å². The first-order chi connectivity index (χ1) is 7.72. The van der Waals surface area contributed by atoms with Gasteiger partial charge >= 0.3 is 12.2 Å². The summed E-state index contributed by atoms with van der Waals surface area (Å²) < 4.78 is 37.0. The van der Waals surface area contributed by atoms with Gasteiger partial charge in [0.1, 0.15) is 5.70 Å². The number of carbonyl (C=O) groups is 2. The Hall–Kier alpha value is -1.73. The molecule has 0 saturated carbocycles. The van der Waals surface area contributed by atoms with E-state index >= 15 is 0 Å². The molecular weight excluding hydrogens is 241 g/mol. The van der Waals surface area contributed by atoms with Crippen molar-refractivity contribution in [1.29, 1.82) is 0 Å². The van der Waals surface area contributed by atoms with E-state index in [-0.39, 0.29) is 19.2 Å². The molecule has 0 bridgehead atoms. The molecule has 2 amide bonds. The van der Waals surface area contributed by atoms with Gasteiger partial charge in [-0.1, -0.05) is 0 Å². The first kappa shape index (κ1) is 15.3.